The third-order valence-corrected chi connectivity index (χ3v) is 6.71. The van der Waals surface area contributed by atoms with E-state index in [0.717, 1.165) is 36.5 Å². The number of carbonyl (C=O) groups excluding carboxylic acids is 1. The largest absolute Gasteiger partial charge is 0.352 e. The molecule has 2 aliphatic rings. The summed E-state index contributed by atoms with van der Waals surface area (Å²) in [5, 5.41) is 6.96. The zero-order valence-corrected chi connectivity index (χ0v) is 17.1. The van der Waals surface area contributed by atoms with Crippen LogP contribution in [0.3, 0.4) is 0 Å². The summed E-state index contributed by atoms with van der Waals surface area (Å²) in [6.07, 6.45) is 2.95. The molecule has 0 aliphatic heterocycles. The molecule has 4 atom stereocenters. The fourth-order valence-electron chi connectivity index (χ4n) is 5.28. The van der Waals surface area contributed by atoms with Gasteiger partial charge < -0.3 is 9.84 Å². The Morgan fingerprint density at radius 2 is 1.97 bits per heavy atom. The van der Waals surface area contributed by atoms with E-state index in [-0.39, 0.29) is 35.8 Å². The highest BCUT2D eigenvalue weighted by Gasteiger charge is 2.53. The molecule has 5 nitrogen and oxygen atoms in total. The smallest absolute Gasteiger partial charge is 0.231 e. The van der Waals surface area contributed by atoms with Crippen LogP contribution in [0.15, 0.2) is 47.0 Å². The van der Waals surface area contributed by atoms with E-state index in [1.807, 2.05) is 31.2 Å². The topological polar surface area (TPSA) is 68.0 Å². The van der Waals surface area contributed by atoms with Gasteiger partial charge in [0, 0.05) is 17.7 Å². The molecule has 7 heteroatoms. The summed E-state index contributed by atoms with van der Waals surface area (Å²) in [6.45, 7) is 1.95. The van der Waals surface area contributed by atoms with E-state index in [1.54, 1.807) is 0 Å². The first-order chi connectivity index (χ1) is 15.0. The number of rotatable bonds is 5. The second-order valence-electron chi connectivity index (χ2n) is 8.64. The minimum Gasteiger partial charge on any atom is -0.352 e. The minimum atomic E-state index is -0.924. The van der Waals surface area contributed by atoms with E-state index in [0.29, 0.717) is 17.6 Å². The fraction of sp³-hybridized carbons (Fsp3) is 0.375. The van der Waals surface area contributed by atoms with Crippen molar-refractivity contribution in [3.8, 4) is 11.4 Å². The van der Waals surface area contributed by atoms with Gasteiger partial charge in [-0.15, -0.1) is 0 Å². The number of nitrogens with zero attached hydrogens (tertiary/aromatic N) is 2. The number of nitrogens with one attached hydrogen (secondary N) is 1. The molecule has 2 bridgehead atoms. The number of aryl methyl sites for hydroxylation is 1. The molecule has 160 valence electrons. The van der Waals surface area contributed by atoms with Gasteiger partial charge in [0.25, 0.3) is 0 Å². The Morgan fingerprint density at radius 1 is 1.16 bits per heavy atom. The first-order valence-corrected chi connectivity index (χ1v) is 10.6. The van der Waals surface area contributed by atoms with Gasteiger partial charge in [-0.2, -0.15) is 4.98 Å². The molecule has 1 heterocycles. The second kappa shape index (κ2) is 7.87. The molecule has 31 heavy (non-hydrogen) atoms. The monoisotopic (exact) mass is 423 g/mol. The van der Waals surface area contributed by atoms with Crippen LogP contribution in [0.4, 0.5) is 8.78 Å². The van der Waals surface area contributed by atoms with Crippen LogP contribution in [0.1, 0.15) is 42.2 Å². The Hall–Kier alpha value is -3.09. The molecule has 0 spiro atoms. The number of aromatic nitrogens is 2. The van der Waals surface area contributed by atoms with Crippen molar-refractivity contribution >= 4 is 5.91 Å². The normalized spacial score (nSPS) is 24.5. The van der Waals surface area contributed by atoms with Gasteiger partial charge in [0.05, 0.1) is 11.8 Å². The summed E-state index contributed by atoms with van der Waals surface area (Å²) in [7, 11) is 0. The minimum absolute atomic E-state index is 0.0542. The van der Waals surface area contributed by atoms with E-state index >= 15 is 0 Å². The predicted octanol–water partition coefficient (Wildman–Crippen LogP) is 4.77. The van der Waals surface area contributed by atoms with Crippen LogP contribution >= 0.6 is 0 Å². The van der Waals surface area contributed by atoms with Crippen LogP contribution in [0.25, 0.3) is 11.4 Å². The van der Waals surface area contributed by atoms with Crippen molar-refractivity contribution in [2.75, 3.05) is 0 Å². The highest BCUT2D eigenvalue weighted by Crippen LogP contribution is 2.56. The van der Waals surface area contributed by atoms with Crippen LogP contribution in [0, 0.1) is 36.3 Å². The Balaban J connectivity index is 1.36. The van der Waals surface area contributed by atoms with Crippen molar-refractivity contribution in [3.05, 3.63) is 71.1 Å². The van der Waals surface area contributed by atoms with Gasteiger partial charge in [0.2, 0.25) is 17.6 Å². The van der Waals surface area contributed by atoms with Crippen LogP contribution in [-0.2, 0) is 11.3 Å². The molecule has 2 saturated carbocycles. The molecule has 2 fully saturated rings. The van der Waals surface area contributed by atoms with Crippen molar-refractivity contribution in [2.24, 2.45) is 17.8 Å². The maximum atomic E-state index is 14.0. The van der Waals surface area contributed by atoms with E-state index in [1.165, 1.54) is 12.1 Å². The summed E-state index contributed by atoms with van der Waals surface area (Å²) in [6, 6.07) is 11.8. The van der Waals surface area contributed by atoms with Gasteiger partial charge in [-0.1, -0.05) is 41.1 Å². The van der Waals surface area contributed by atoms with E-state index in [2.05, 4.69) is 15.5 Å². The molecule has 2 aromatic carbocycles. The molecule has 2 aliphatic carbocycles. The van der Waals surface area contributed by atoms with Crippen LogP contribution in [0.5, 0.6) is 0 Å². The van der Waals surface area contributed by atoms with Gasteiger partial charge >= 0.3 is 0 Å². The maximum absolute atomic E-state index is 14.0. The fourth-order valence-corrected chi connectivity index (χ4v) is 5.28. The molecule has 3 aromatic rings. The lowest BCUT2D eigenvalue weighted by atomic mass is 9.78. The Bertz CT molecular complexity index is 1130. The second-order valence-corrected chi connectivity index (χ2v) is 8.64. The van der Waals surface area contributed by atoms with E-state index in [4.69, 9.17) is 4.52 Å². The Morgan fingerprint density at radius 3 is 2.81 bits per heavy atom. The summed E-state index contributed by atoms with van der Waals surface area (Å²) in [5.74, 6) is -0.909. The van der Waals surface area contributed by atoms with Crippen molar-refractivity contribution < 1.29 is 18.1 Å². The van der Waals surface area contributed by atoms with Crippen molar-refractivity contribution in [2.45, 2.75) is 38.6 Å². The van der Waals surface area contributed by atoms with Crippen molar-refractivity contribution in [1.82, 2.24) is 15.5 Å². The number of halogens is 2. The maximum Gasteiger partial charge on any atom is 0.231 e. The lowest BCUT2D eigenvalue weighted by molar-refractivity contribution is -0.127. The summed E-state index contributed by atoms with van der Waals surface area (Å²) in [4.78, 5) is 17.7. The molecule has 0 saturated heterocycles. The zero-order valence-electron chi connectivity index (χ0n) is 17.1. The van der Waals surface area contributed by atoms with E-state index < -0.39 is 11.6 Å². The summed E-state index contributed by atoms with van der Waals surface area (Å²) < 4.78 is 33.0. The Labute approximate surface area is 178 Å². The number of hydrogen-bond donors (Lipinski definition) is 1. The first-order valence-electron chi connectivity index (χ1n) is 10.6. The molecule has 1 aromatic heterocycles. The predicted molar refractivity (Wildman–Crippen MR) is 110 cm³/mol. The van der Waals surface area contributed by atoms with Crippen molar-refractivity contribution in [3.63, 3.8) is 0 Å². The number of amides is 1. The first kappa shape index (κ1) is 19.8. The van der Waals surface area contributed by atoms with Crippen LogP contribution in [0.2, 0.25) is 0 Å². The number of benzene rings is 2. The van der Waals surface area contributed by atoms with Crippen LogP contribution in [-0.4, -0.2) is 16.0 Å². The zero-order chi connectivity index (χ0) is 21.5. The third kappa shape index (κ3) is 3.62. The quantitative estimate of drug-likeness (QED) is 0.642. The highest BCUT2D eigenvalue weighted by molar-refractivity contribution is 5.80. The lowest BCUT2D eigenvalue weighted by Crippen LogP contribution is -2.37. The molecule has 1 amide bonds. The van der Waals surface area contributed by atoms with Crippen molar-refractivity contribution in [1.29, 1.82) is 0 Å². The molecule has 0 unspecified atom stereocenters. The SMILES string of the molecule is Cc1cccc(-c2noc([C@H]3[C@@H]4CC[C@@H](C4)[C@@H]3C(=O)NCc3cccc(F)c3F)n2)c1. The highest BCUT2D eigenvalue weighted by atomic mass is 19.2. The molecule has 1 N–H and O–H groups in total. The molecule has 5 rings (SSSR count). The van der Waals surface area contributed by atoms with Gasteiger partial charge in [-0.3, -0.25) is 4.79 Å². The molecule has 0 radical (unpaired) electrons. The van der Waals surface area contributed by atoms with E-state index in [9.17, 15) is 13.6 Å². The van der Waals surface area contributed by atoms with Gasteiger partial charge in [0.1, 0.15) is 0 Å². The lowest BCUT2D eigenvalue weighted by Gasteiger charge is -2.27. The third-order valence-electron chi connectivity index (χ3n) is 6.71. The number of carbonyl (C=O) groups is 1. The van der Waals surface area contributed by atoms with Crippen LogP contribution < -0.4 is 5.32 Å². The number of fused-ring (bicyclic) bond motifs is 2. The average molecular weight is 423 g/mol. The van der Waals surface area contributed by atoms with Gasteiger partial charge in [0.15, 0.2) is 11.6 Å². The Kier molecular flexibility index (Phi) is 5.04. The standard InChI is InChI=1S/C24H23F2N3O2/c1-13-4-2-5-16(10-13)22-28-24(31-29-22)20-15-9-8-14(11-15)19(20)23(30)27-12-17-6-3-7-18(25)21(17)26/h2-7,10,14-15,19-20H,8-9,11-12H2,1H3,(H,27,30)/t14-,15+,19-,20-/m0/s1. The average Bonchev–Trinajstić information content (AvgIpc) is 3.50. The molecular formula is C24H23F2N3O2. The van der Waals surface area contributed by atoms with Gasteiger partial charge in [-0.05, 0) is 50.2 Å². The summed E-state index contributed by atoms with van der Waals surface area (Å²) in [5.41, 5.74) is 2.11. The summed E-state index contributed by atoms with van der Waals surface area (Å²) >= 11 is 0. The number of hydrogen-bond acceptors (Lipinski definition) is 4. The molecular weight excluding hydrogens is 400 g/mol. The van der Waals surface area contributed by atoms with Gasteiger partial charge in [-0.25, -0.2) is 8.78 Å².